The molecule has 90 valence electrons. The maximum Gasteiger partial charge on any atom is 0.126 e. The summed E-state index contributed by atoms with van der Waals surface area (Å²) < 4.78 is 1.25. The molecule has 3 heteroatoms. The number of hydrogen-bond acceptors (Lipinski definition) is 3. The number of hydrogen-bond donors (Lipinski definition) is 0. The highest BCUT2D eigenvalue weighted by atomic mass is 32.1. The Morgan fingerprint density at radius 3 is 2.78 bits per heavy atom. The number of aromatic nitrogens is 2. The topological polar surface area (TPSA) is 25.8 Å². The largest absolute Gasteiger partial charge is 0.264 e. The number of benzene rings is 1. The van der Waals surface area contributed by atoms with Gasteiger partial charge in [-0.2, -0.15) is 0 Å². The minimum Gasteiger partial charge on any atom is -0.264 e. The van der Waals surface area contributed by atoms with Gasteiger partial charge in [-0.15, -0.1) is 11.3 Å². The van der Waals surface area contributed by atoms with Crippen LogP contribution < -0.4 is 0 Å². The lowest BCUT2D eigenvalue weighted by atomic mass is 10.0. The first-order chi connectivity index (χ1) is 8.74. The first kappa shape index (κ1) is 11.4. The zero-order valence-electron chi connectivity index (χ0n) is 10.4. The third kappa shape index (κ3) is 2.02. The molecule has 1 aromatic carbocycles. The summed E-state index contributed by atoms with van der Waals surface area (Å²) in [7, 11) is 0. The molecular weight excluding hydrogens is 240 g/mol. The Morgan fingerprint density at radius 1 is 1.17 bits per heavy atom. The first-order valence-corrected chi connectivity index (χ1v) is 6.86. The van der Waals surface area contributed by atoms with Crippen LogP contribution in [0.15, 0.2) is 42.7 Å². The van der Waals surface area contributed by atoms with Crippen molar-refractivity contribution < 1.29 is 0 Å². The molecule has 2 aromatic heterocycles. The fourth-order valence-corrected chi connectivity index (χ4v) is 2.92. The first-order valence-electron chi connectivity index (χ1n) is 6.05. The summed E-state index contributed by atoms with van der Waals surface area (Å²) in [4.78, 5) is 8.81. The number of fused-ring (bicyclic) bond motifs is 1. The van der Waals surface area contributed by atoms with E-state index in [0.29, 0.717) is 5.92 Å². The van der Waals surface area contributed by atoms with E-state index in [1.807, 2.05) is 18.3 Å². The van der Waals surface area contributed by atoms with Crippen LogP contribution in [0, 0.1) is 0 Å². The molecule has 0 saturated heterocycles. The van der Waals surface area contributed by atoms with Gasteiger partial charge < -0.3 is 0 Å². The fraction of sp³-hybridized carbons (Fsp3) is 0.200. The third-order valence-electron chi connectivity index (χ3n) is 2.99. The predicted molar refractivity (Wildman–Crippen MR) is 76.9 cm³/mol. The van der Waals surface area contributed by atoms with Crippen molar-refractivity contribution in [2.45, 2.75) is 19.8 Å². The van der Waals surface area contributed by atoms with Gasteiger partial charge in [-0.3, -0.25) is 4.98 Å². The van der Waals surface area contributed by atoms with Crippen molar-refractivity contribution in [2.75, 3.05) is 0 Å². The summed E-state index contributed by atoms with van der Waals surface area (Å²) in [5.41, 5.74) is 3.52. The lowest BCUT2D eigenvalue weighted by molar-refractivity contribution is 0.869. The van der Waals surface area contributed by atoms with Gasteiger partial charge in [0.2, 0.25) is 0 Å². The molecule has 0 fully saturated rings. The Hall–Kier alpha value is -1.74. The van der Waals surface area contributed by atoms with E-state index in [4.69, 9.17) is 0 Å². The Labute approximate surface area is 110 Å². The molecule has 0 aliphatic heterocycles. The van der Waals surface area contributed by atoms with Gasteiger partial charge in [-0.1, -0.05) is 19.9 Å². The van der Waals surface area contributed by atoms with Gasteiger partial charge in [0.25, 0.3) is 0 Å². The minimum atomic E-state index is 0.554. The maximum atomic E-state index is 4.66. The lowest BCUT2D eigenvalue weighted by Crippen LogP contribution is -1.85. The Morgan fingerprint density at radius 2 is 2.06 bits per heavy atom. The standard InChI is InChI=1S/C15H14N2S/c1-10(2)11-5-6-13-14(8-11)18-15(17-13)12-4-3-7-16-9-12/h3-10H,1-2H3. The molecule has 2 heterocycles. The molecule has 0 radical (unpaired) electrons. The van der Waals surface area contributed by atoms with Crippen LogP contribution in [0.1, 0.15) is 25.3 Å². The second-order valence-electron chi connectivity index (χ2n) is 4.64. The van der Waals surface area contributed by atoms with E-state index in [1.165, 1.54) is 10.3 Å². The quantitative estimate of drug-likeness (QED) is 0.673. The van der Waals surface area contributed by atoms with Gasteiger partial charge in [0, 0.05) is 18.0 Å². The molecule has 0 amide bonds. The molecule has 3 aromatic rings. The molecule has 2 nitrogen and oxygen atoms in total. The minimum absolute atomic E-state index is 0.554. The molecule has 0 bridgehead atoms. The summed E-state index contributed by atoms with van der Waals surface area (Å²) in [6, 6.07) is 10.5. The zero-order valence-corrected chi connectivity index (χ0v) is 11.2. The summed E-state index contributed by atoms with van der Waals surface area (Å²) in [5.74, 6) is 0.554. The van der Waals surface area contributed by atoms with Crippen molar-refractivity contribution >= 4 is 21.6 Å². The number of rotatable bonds is 2. The monoisotopic (exact) mass is 254 g/mol. The van der Waals surface area contributed by atoms with E-state index >= 15 is 0 Å². The van der Waals surface area contributed by atoms with Crippen LogP contribution in [0.2, 0.25) is 0 Å². The van der Waals surface area contributed by atoms with Crippen LogP contribution in [0.3, 0.4) is 0 Å². The number of pyridine rings is 1. The number of nitrogens with zero attached hydrogens (tertiary/aromatic N) is 2. The van der Waals surface area contributed by atoms with Crippen molar-refractivity contribution in [1.29, 1.82) is 0 Å². The average Bonchev–Trinajstić information content (AvgIpc) is 2.82. The highest BCUT2D eigenvalue weighted by Gasteiger charge is 2.08. The van der Waals surface area contributed by atoms with Crippen LogP contribution >= 0.6 is 11.3 Å². The molecule has 3 rings (SSSR count). The van der Waals surface area contributed by atoms with Crippen molar-refractivity contribution in [1.82, 2.24) is 9.97 Å². The molecule has 0 aliphatic rings. The van der Waals surface area contributed by atoms with Crippen LogP contribution in [0.4, 0.5) is 0 Å². The summed E-state index contributed by atoms with van der Waals surface area (Å²) in [5, 5.41) is 1.04. The molecule has 0 N–H and O–H groups in total. The smallest absolute Gasteiger partial charge is 0.126 e. The highest BCUT2D eigenvalue weighted by Crippen LogP contribution is 2.31. The van der Waals surface area contributed by atoms with Crippen molar-refractivity contribution in [3.63, 3.8) is 0 Å². The van der Waals surface area contributed by atoms with Crippen LogP contribution in [-0.4, -0.2) is 9.97 Å². The van der Waals surface area contributed by atoms with Gasteiger partial charge in [-0.25, -0.2) is 4.98 Å². The average molecular weight is 254 g/mol. The van der Waals surface area contributed by atoms with E-state index in [1.54, 1.807) is 17.5 Å². The maximum absolute atomic E-state index is 4.66. The van der Waals surface area contributed by atoms with Gasteiger partial charge in [0.1, 0.15) is 5.01 Å². The molecular formula is C15H14N2S. The molecule has 0 atom stereocenters. The van der Waals surface area contributed by atoms with E-state index in [-0.39, 0.29) is 0 Å². The second kappa shape index (κ2) is 4.50. The SMILES string of the molecule is CC(C)c1ccc2nc(-c3cccnc3)sc2c1. The number of thiazole rings is 1. The fourth-order valence-electron chi connectivity index (χ4n) is 1.91. The van der Waals surface area contributed by atoms with Crippen LogP contribution in [0.25, 0.3) is 20.8 Å². The highest BCUT2D eigenvalue weighted by molar-refractivity contribution is 7.21. The third-order valence-corrected chi connectivity index (χ3v) is 4.05. The van der Waals surface area contributed by atoms with Crippen LogP contribution in [-0.2, 0) is 0 Å². The normalized spacial score (nSPS) is 11.3. The summed E-state index contributed by atoms with van der Waals surface area (Å²) in [6.07, 6.45) is 3.65. The Balaban J connectivity index is 2.11. The molecule has 18 heavy (non-hydrogen) atoms. The van der Waals surface area contributed by atoms with E-state index in [9.17, 15) is 0 Å². The van der Waals surface area contributed by atoms with Crippen molar-refractivity contribution in [3.05, 3.63) is 48.3 Å². The second-order valence-corrected chi connectivity index (χ2v) is 5.67. The van der Waals surface area contributed by atoms with Crippen LogP contribution in [0.5, 0.6) is 0 Å². The molecule has 0 saturated carbocycles. The van der Waals surface area contributed by atoms with Gasteiger partial charge in [0.15, 0.2) is 0 Å². The molecule has 0 spiro atoms. The van der Waals surface area contributed by atoms with E-state index < -0.39 is 0 Å². The van der Waals surface area contributed by atoms with Crippen molar-refractivity contribution in [3.8, 4) is 10.6 Å². The van der Waals surface area contributed by atoms with Gasteiger partial charge in [0.05, 0.1) is 10.2 Å². The summed E-state index contributed by atoms with van der Waals surface area (Å²) in [6.45, 7) is 4.43. The lowest BCUT2D eigenvalue weighted by Gasteiger charge is -2.03. The van der Waals surface area contributed by atoms with Crippen molar-refractivity contribution in [2.24, 2.45) is 0 Å². The van der Waals surface area contributed by atoms with Gasteiger partial charge >= 0.3 is 0 Å². The summed E-state index contributed by atoms with van der Waals surface area (Å²) >= 11 is 1.73. The molecule has 0 unspecified atom stereocenters. The van der Waals surface area contributed by atoms with E-state index in [2.05, 4.69) is 42.0 Å². The van der Waals surface area contributed by atoms with Gasteiger partial charge in [-0.05, 0) is 35.7 Å². The predicted octanol–water partition coefficient (Wildman–Crippen LogP) is 4.48. The molecule has 0 aliphatic carbocycles. The zero-order chi connectivity index (χ0) is 12.5. The Kier molecular flexibility index (Phi) is 2.84. The van der Waals surface area contributed by atoms with E-state index in [0.717, 1.165) is 16.1 Å². The Bertz CT molecular complexity index is 671.